The van der Waals surface area contributed by atoms with Crippen LogP contribution in [0, 0.1) is 11.8 Å². The van der Waals surface area contributed by atoms with Gasteiger partial charge in [0, 0.05) is 31.1 Å². The minimum atomic E-state index is -2.81. The number of anilines is 1. The summed E-state index contributed by atoms with van der Waals surface area (Å²) in [4.78, 5) is 38.9. The van der Waals surface area contributed by atoms with Gasteiger partial charge in [0.05, 0.1) is 24.8 Å². The van der Waals surface area contributed by atoms with Crippen LogP contribution >= 0.6 is 15.9 Å². The standard InChI is InChI=1S/C36H53BrN4O7Si/c1-12-14-16-45-29-24-21(32(37)38-33(29)41(8)9)18-20-19-22-26(40(6)7)28-25(34(39-47-28)46-17-15-13-2)31(44)36(22,30(43)23(20)27(24)42)48-49(10,11)35(3,4)5/h20,22,26,43H,12-19H2,1-11H3/t20-,22-,26-,36-/m0/s1. The van der Waals surface area contributed by atoms with E-state index in [1.54, 1.807) is 0 Å². The van der Waals surface area contributed by atoms with E-state index in [1.807, 2.05) is 38.0 Å². The van der Waals surface area contributed by atoms with Gasteiger partial charge >= 0.3 is 0 Å². The van der Waals surface area contributed by atoms with Crippen molar-refractivity contribution in [3.05, 3.63) is 38.4 Å². The van der Waals surface area contributed by atoms with Gasteiger partial charge in [-0.2, -0.15) is 0 Å². The number of hydrogen-bond donors (Lipinski definition) is 1. The van der Waals surface area contributed by atoms with E-state index < -0.39 is 37.6 Å². The molecule has 2 heterocycles. The molecule has 49 heavy (non-hydrogen) atoms. The predicted octanol–water partition coefficient (Wildman–Crippen LogP) is 7.70. The van der Waals surface area contributed by atoms with Gasteiger partial charge in [-0.15, -0.1) is 0 Å². The molecule has 0 radical (unpaired) electrons. The lowest BCUT2D eigenvalue weighted by Gasteiger charge is -2.55. The first-order chi connectivity index (χ1) is 22.9. The van der Waals surface area contributed by atoms with Gasteiger partial charge in [0.2, 0.25) is 5.78 Å². The number of carbonyl (C=O) groups is 2. The topological polar surface area (TPSA) is 127 Å². The molecule has 270 valence electrons. The Bertz CT molecular complexity index is 1650. The Morgan fingerprint density at radius 2 is 1.67 bits per heavy atom. The molecule has 0 unspecified atom stereocenters. The summed E-state index contributed by atoms with van der Waals surface area (Å²) in [5.41, 5.74) is -0.399. The number of carbonyl (C=O) groups excluding carboxylic acids is 2. The first kappa shape index (κ1) is 37.5. The van der Waals surface area contributed by atoms with E-state index in [1.165, 1.54) is 0 Å². The number of Topliss-reactive ketones (excluding diaryl/α,β-unsaturated/α-hetero) is 2. The van der Waals surface area contributed by atoms with Crippen molar-refractivity contribution >= 4 is 41.6 Å². The van der Waals surface area contributed by atoms with E-state index >= 15 is 4.79 Å². The molecule has 1 N–H and O–H groups in total. The van der Waals surface area contributed by atoms with Gasteiger partial charge in [-0.1, -0.05) is 47.5 Å². The monoisotopic (exact) mass is 760 g/mol. The Hall–Kier alpha value is -2.74. The van der Waals surface area contributed by atoms with Crippen molar-refractivity contribution in [1.29, 1.82) is 0 Å². The molecule has 0 fully saturated rings. The number of allylic oxidation sites excluding steroid dienone is 1. The first-order valence-corrected chi connectivity index (χ1v) is 21.2. The molecule has 3 aliphatic rings. The lowest BCUT2D eigenvalue weighted by Crippen LogP contribution is -2.65. The highest BCUT2D eigenvalue weighted by Crippen LogP contribution is 2.60. The third-order valence-electron chi connectivity index (χ3n) is 10.8. The fourth-order valence-corrected chi connectivity index (χ4v) is 9.17. The minimum absolute atomic E-state index is 0.0921. The van der Waals surface area contributed by atoms with Gasteiger partial charge < -0.3 is 28.4 Å². The van der Waals surface area contributed by atoms with Gasteiger partial charge in [-0.3, -0.25) is 14.5 Å². The van der Waals surface area contributed by atoms with Crippen molar-refractivity contribution in [2.75, 3.05) is 46.3 Å². The van der Waals surface area contributed by atoms with Crippen molar-refractivity contribution in [3.63, 3.8) is 0 Å². The van der Waals surface area contributed by atoms with Crippen molar-refractivity contribution in [2.45, 2.75) is 103 Å². The molecule has 5 rings (SSSR count). The second-order valence-electron chi connectivity index (χ2n) is 15.6. The summed E-state index contributed by atoms with van der Waals surface area (Å²) in [6, 6.07) is -0.501. The summed E-state index contributed by atoms with van der Waals surface area (Å²) in [6.45, 7) is 15.3. The molecular formula is C36H53BrN4O7Si. The fourth-order valence-electron chi connectivity index (χ4n) is 7.19. The summed E-state index contributed by atoms with van der Waals surface area (Å²) in [5.74, 6) is -0.792. The molecule has 3 aliphatic carbocycles. The smallest absolute Gasteiger partial charge is 0.265 e. The lowest BCUT2D eigenvalue weighted by molar-refractivity contribution is -0.0480. The number of ketones is 2. The summed E-state index contributed by atoms with van der Waals surface area (Å²) in [5, 5.41) is 16.7. The maximum absolute atomic E-state index is 15.3. The number of halogens is 1. The van der Waals surface area contributed by atoms with Gasteiger partial charge in [0.25, 0.3) is 5.88 Å². The number of unbranched alkanes of at least 4 members (excludes halogenated alkanes) is 2. The zero-order valence-electron chi connectivity index (χ0n) is 31.0. The van der Waals surface area contributed by atoms with Gasteiger partial charge in [-0.05, 0) is 84.9 Å². The highest BCUT2D eigenvalue weighted by atomic mass is 79.9. The Kier molecular flexibility index (Phi) is 10.5. The number of aromatic nitrogens is 2. The van der Waals surface area contributed by atoms with E-state index in [-0.39, 0.29) is 33.6 Å². The number of aliphatic hydroxyl groups excluding tert-OH is 1. The maximum atomic E-state index is 15.3. The number of rotatable bonds is 12. The average Bonchev–Trinajstić information content (AvgIpc) is 3.42. The highest BCUT2D eigenvalue weighted by Gasteiger charge is 2.67. The van der Waals surface area contributed by atoms with Crippen molar-refractivity contribution in [2.24, 2.45) is 11.8 Å². The average molecular weight is 762 g/mol. The summed E-state index contributed by atoms with van der Waals surface area (Å²) < 4.78 is 26.1. The van der Waals surface area contributed by atoms with Crippen LogP contribution in [0.5, 0.6) is 11.6 Å². The fraction of sp³-hybridized carbons (Fsp3) is 0.667. The SMILES string of the molecule is CCCCOc1noc2c1C(=O)[C@@]1(O[Si](C)(C)C(C)(C)C)C(O)=C3C(=O)c4c(c(Br)nc(N(C)C)c4OCCCC)C[C@H]3C[C@H]1[C@@H]2N(C)C. The minimum Gasteiger partial charge on any atom is -0.508 e. The largest absolute Gasteiger partial charge is 0.508 e. The summed E-state index contributed by atoms with van der Waals surface area (Å²) in [6.07, 6.45) is 4.20. The van der Waals surface area contributed by atoms with Crippen LogP contribution in [0.25, 0.3) is 0 Å². The van der Waals surface area contributed by atoms with Crippen LogP contribution in [0.4, 0.5) is 5.82 Å². The molecule has 0 spiro atoms. The number of nitrogens with zero attached hydrogens (tertiary/aromatic N) is 4. The number of ether oxygens (including phenoxy) is 2. The summed E-state index contributed by atoms with van der Waals surface area (Å²) >= 11 is 3.67. The molecule has 0 bridgehead atoms. The first-order valence-electron chi connectivity index (χ1n) is 17.5. The number of aliphatic hydroxyl groups is 1. The van der Waals surface area contributed by atoms with E-state index in [9.17, 15) is 9.90 Å². The number of fused-ring (bicyclic) bond motifs is 4. The molecule has 0 aromatic carbocycles. The van der Waals surface area contributed by atoms with Crippen LogP contribution in [-0.2, 0) is 10.8 Å². The maximum Gasteiger partial charge on any atom is 0.265 e. The van der Waals surface area contributed by atoms with Gasteiger partial charge in [0.15, 0.2) is 37.0 Å². The van der Waals surface area contributed by atoms with E-state index in [0.717, 1.165) is 31.2 Å². The van der Waals surface area contributed by atoms with Crippen molar-refractivity contribution in [3.8, 4) is 11.6 Å². The molecule has 13 heteroatoms. The Morgan fingerprint density at radius 3 is 2.24 bits per heavy atom. The molecule has 0 saturated carbocycles. The van der Waals surface area contributed by atoms with E-state index in [0.29, 0.717) is 53.5 Å². The molecule has 0 saturated heterocycles. The van der Waals surface area contributed by atoms with Crippen LogP contribution in [0.15, 0.2) is 20.5 Å². The van der Waals surface area contributed by atoms with Crippen molar-refractivity contribution < 1.29 is 33.1 Å². The molecule has 0 aliphatic heterocycles. The quantitative estimate of drug-likeness (QED) is 0.130. The molecule has 2 aromatic heterocycles. The molecular weight excluding hydrogens is 708 g/mol. The third kappa shape index (κ3) is 6.16. The zero-order chi connectivity index (χ0) is 36.2. The Morgan fingerprint density at radius 1 is 1.04 bits per heavy atom. The number of hydrogen-bond acceptors (Lipinski definition) is 11. The molecule has 4 atom stereocenters. The van der Waals surface area contributed by atoms with Crippen LogP contribution in [0.1, 0.15) is 105 Å². The normalized spacial score (nSPS) is 23.7. The van der Waals surface area contributed by atoms with E-state index in [2.05, 4.69) is 68.8 Å². The van der Waals surface area contributed by atoms with E-state index in [4.69, 9.17) is 23.4 Å². The highest BCUT2D eigenvalue weighted by molar-refractivity contribution is 9.10. The molecule has 2 aromatic rings. The van der Waals surface area contributed by atoms with Crippen LogP contribution in [-0.4, -0.2) is 87.0 Å². The van der Waals surface area contributed by atoms with Crippen LogP contribution < -0.4 is 14.4 Å². The Labute approximate surface area is 300 Å². The Balaban J connectivity index is 1.80. The van der Waals surface area contributed by atoms with Crippen LogP contribution in [0.3, 0.4) is 0 Å². The van der Waals surface area contributed by atoms with Crippen LogP contribution in [0.2, 0.25) is 18.1 Å². The summed E-state index contributed by atoms with van der Waals surface area (Å²) in [7, 11) is 4.74. The zero-order valence-corrected chi connectivity index (χ0v) is 33.5. The second-order valence-corrected chi connectivity index (χ2v) is 21.1. The predicted molar refractivity (Wildman–Crippen MR) is 195 cm³/mol. The van der Waals surface area contributed by atoms with Crippen molar-refractivity contribution in [1.82, 2.24) is 15.0 Å². The van der Waals surface area contributed by atoms with Gasteiger partial charge in [-0.25, -0.2) is 4.98 Å². The third-order valence-corrected chi connectivity index (χ3v) is 15.9. The van der Waals surface area contributed by atoms with Gasteiger partial charge in [0.1, 0.15) is 15.9 Å². The molecule has 11 nitrogen and oxygen atoms in total. The lowest BCUT2D eigenvalue weighted by atomic mass is 9.58. The number of pyridine rings is 1. The second kappa shape index (κ2) is 13.8. The molecule has 0 amide bonds.